The second kappa shape index (κ2) is 6.82. The first-order chi connectivity index (χ1) is 9.19. The Labute approximate surface area is 115 Å². The smallest absolute Gasteiger partial charge is 0.316 e. The standard InChI is InChI=1S/C14H24N4O/c1-4-15-9-12-10-16-14(17-11(12)2)19-13-5-7-18(3)8-6-13/h10,13,15H,4-9H2,1-3H3. The van der Waals surface area contributed by atoms with Crippen LogP contribution in [-0.4, -0.2) is 47.7 Å². The van der Waals surface area contributed by atoms with Crippen LogP contribution in [0.2, 0.25) is 0 Å². The van der Waals surface area contributed by atoms with Crippen molar-refractivity contribution in [3.05, 3.63) is 17.5 Å². The van der Waals surface area contributed by atoms with Crippen molar-refractivity contribution in [2.75, 3.05) is 26.7 Å². The molecule has 0 aliphatic carbocycles. The van der Waals surface area contributed by atoms with Crippen molar-refractivity contribution in [2.45, 2.75) is 39.3 Å². The van der Waals surface area contributed by atoms with Gasteiger partial charge >= 0.3 is 6.01 Å². The van der Waals surface area contributed by atoms with E-state index in [0.717, 1.165) is 50.3 Å². The van der Waals surface area contributed by atoms with Crippen LogP contribution in [-0.2, 0) is 6.54 Å². The van der Waals surface area contributed by atoms with Gasteiger partial charge in [0.2, 0.25) is 0 Å². The predicted octanol–water partition coefficient (Wildman–Crippen LogP) is 1.37. The van der Waals surface area contributed by atoms with Gasteiger partial charge in [-0.05, 0) is 33.4 Å². The van der Waals surface area contributed by atoms with E-state index in [0.29, 0.717) is 6.01 Å². The molecule has 1 aromatic rings. The van der Waals surface area contributed by atoms with E-state index >= 15 is 0 Å². The minimum Gasteiger partial charge on any atom is -0.460 e. The zero-order valence-corrected chi connectivity index (χ0v) is 12.1. The topological polar surface area (TPSA) is 50.3 Å². The van der Waals surface area contributed by atoms with Gasteiger partial charge in [-0.15, -0.1) is 0 Å². The molecule has 0 unspecified atom stereocenters. The fourth-order valence-electron chi connectivity index (χ4n) is 2.21. The summed E-state index contributed by atoms with van der Waals surface area (Å²) >= 11 is 0. The maximum absolute atomic E-state index is 5.87. The van der Waals surface area contributed by atoms with Gasteiger partial charge in [-0.2, -0.15) is 0 Å². The fraction of sp³-hybridized carbons (Fsp3) is 0.714. The molecule has 5 heteroatoms. The van der Waals surface area contributed by atoms with E-state index in [1.807, 2.05) is 13.1 Å². The Morgan fingerprint density at radius 2 is 2.16 bits per heavy atom. The lowest BCUT2D eigenvalue weighted by Gasteiger charge is -2.28. The molecule has 1 aliphatic rings. The molecule has 5 nitrogen and oxygen atoms in total. The number of aromatic nitrogens is 2. The lowest BCUT2D eigenvalue weighted by atomic mass is 10.1. The summed E-state index contributed by atoms with van der Waals surface area (Å²) < 4.78 is 5.87. The second-order valence-electron chi connectivity index (χ2n) is 5.16. The first-order valence-electron chi connectivity index (χ1n) is 7.07. The SMILES string of the molecule is CCNCc1cnc(OC2CCN(C)CC2)nc1C. The highest BCUT2D eigenvalue weighted by Gasteiger charge is 2.19. The number of hydrogen-bond donors (Lipinski definition) is 1. The number of likely N-dealkylation sites (tertiary alicyclic amines) is 1. The number of aryl methyl sites for hydroxylation is 1. The first kappa shape index (κ1) is 14.2. The summed E-state index contributed by atoms with van der Waals surface area (Å²) in [6, 6.07) is 0.521. The zero-order chi connectivity index (χ0) is 13.7. The zero-order valence-electron chi connectivity index (χ0n) is 12.1. The highest BCUT2D eigenvalue weighted by molar-refractivity contribution is 5.17. The summed E-state index contributed by atoms with van der Waals surface area (Å²) in [4.78, 5) is 11.1. The van der Waals surface area contributed by atoms with Crippen LogP contribution in [0.5, 0.6) is 6.01 Å². The Balaban J connectivity index is 1.92. The number of nitrogens with zero attached hydrogens (tertiary/aromatic N) is 3. The number of rotatable bonds is 5. The predicted molar refractivity (Wildman–Crippen MR) is 75.3 cm³/mol. The summed E-state index contributed by atoms with van der Waals surface area (Å²) in [5.41, 5.74) is 2.14. The van der Waals surface area contributed by atoms with Crippen LogP contribution in [0, 0.1) is 6.92 Å². The highest BCUT2D eigenvalue weighted by atomic mass is 16.5. The minimum absolute atomic E-state index is 0.259. The van der Waals surface area contributed by atoms with E-state index in [1.54, 1.807) is 0 Å². The molecule has 1 N–H and O–H groups in total. The molecular formula is C14H24N4O. The molecule has 0 atom stereocenters. The van der Waals surface area contributed by atoms with Crippen LogP contribution >= 0.6 is 0 Å². The van der Waals surface area contributed by atoms with Gasteiger partial charge in [-0.1, -0.05) is 6.92 Å². The van der Waals surface area contributed by atoms with Gasteiger partial charge in [-0.3, -0.25) is 0 Å². The van der Waals surface area contributed by atoms with Crippen molar-refractivity contribution in [2.24, 2.45) is 0 Å². The average Bonchev–Trinajstić information content (AvgIpc) is 2.41. The van der Waals surface area contributed by atoms with Crippen molar-refractivity contribution < 1.29 is 4.74 Å². The molecule has 0 spiro atoms. The Bertz CT molecular complexity index is 402. The Hall–Kier alpha value is -1.20. The van der Waals surface area contributed by atoms with E-state index in [4.69, 9.17) is 4.74 Å². The van der Waals surface area contributed by atoms with Crippen molar-refractivity contribution >= 4 is 0 Å². The highest BCUT2D eigenvalue weighted by Crippen LogP contribution is 2.16. The number of nitrogens with one attached hydrogen (secondary N) is 1. The fourth-order valence-corrected chi connectivity index (χ4v) is 2.21. The molecule has 0 saturated carbocycles. The normalized spacial score (nSPS) is 17.6. The molecule has 0 aromatic carbocycles. The number of ether oxygens (including phenoxy) is 1. The van der Waals surface area contributed by atoms with Crippen molar-refractivity contribution in [1.29, 1.82) is 0 Å². The van der Waals surface area contributed by atoms with Crippen LogP contribution in [0.1, 0.15) is 31.0 Å². The van der Waals surface area contributed by atoms with Gasteiger partial charge in [0.1, 0.15) is 6.10 Å². The molecule has 1 aliphatic heterocycles. The average molecular weight is 264 g/mol. The summed E-state index contributed by atoms with van der Waals surface area (Å²) in [7, 11) is 2.15. The Morgan fingerprint density at radius 1 is 1.42 bits per heavy atom. The molecule has 106 valence electrons. The third-order valence-electron chi connectivity index (χ3n) is 3.56. The summed E-state index contributed by atoms with van der Waals surface area (Å²) in [5.74, 6) is 0. The third-order valence-corrected chi connectivity index (χ3v) is 3.56. The van der Waals surface area contributed by atoms with Gasteiger partial charge in [0, 0.05) is 37.1 Å². The minimum atomic E-state index is 0.259. The van der Waals surface area contributed by atoms with E-state index in [1.165, 1.54) is 0 Å². The van der Waals surface area contributed by atoms with Crippen LogP contribution in [0.4, 0.5) is 0 Å². The number of hydrogen-bond acceptors (Lipinski definition) is 5. The van der Waals surface area contributed by atoms with E-state index in [2.05, 4.69) is 34.2 Å². The second-order valence-corrected chi connectivity index (χ2v) is 5.16. The molecular weight excluding hydrogens is 240 g/mol. The van der Waals surface area contributed by atoms with Crippen molar-refractivity contribution in [3.8, 4) is 6.01 Å². The molecule has 2 heterocycles. The quantitative estimate of drug-likeness (QED) is 0.870. The van der Waals surface area contributed by atoms with Gasteiger partial charge in [0.25, 0.3) is 0 Å². The lowest BCUT2D eigenvalue weighted by molar-refractivity contribution is 0.105. The molecule has 2 rings (SSSR count). The van der Waals surface area contributed by atoms with Gasteiger partial charge < -0.3 is 15.0 Å². The third kappa shape index (κ3) is 4.14. The van der Waals surface area contributed by atoms with Gasteiger partial charge in [0.15, 0.2) is 0 Å². The van der Waals surface area contributed by atoms with E-state index in [-0.39, 0.29) is 6.10 Å². The van der Waals surface area contributed by atoms with E-state index < -0.39 is 0 Å². The Morgan fingerprint density at radius 3 is 2.79 bits per heavy atom. The van der Waals surface area contributed by atoms with Crippen LogP contribution in [0.25, 0.3) is 0 Å². The summed E-state index contributed by atoms with van der Waals surface area (Å²) in [6.07, 6.45) is 4.24. The molecule has 0 bridgehead atoms. The van der Waals surface area contributed by atoms with Crippen LogP contribution < -0.4 is 10.1 Å². The van der Waals surface area contributed by atoms with Crippen LogP contribution in [0.3, 0.4) is 0 Å². The van der Waals surface area contributed by atoms with Gasteiger partial charge in [0.05, 0.1) is 0 Å². The van der Waals surface area contributed by atoms with E-state index in [9.17, 15) is 0 Å². The monoisotopic (exact) mass is 264 g/mol. The summed E-state index contributed by atoms with van der Waals surface area (Å²) in [5, 5.41) is 3.28. The molecule has 1 aromatic heterocycles. The summed E-state index contributed by atoms with van der Waals surface area (Å²) in [6.45, 7) is 8.04. The molecule has 1 fully saturated rings. The maximum Gasteiger partial charge on any atom is 0.316 e. The van der Waals surface area contributed by atoms with Gasteiger partial charge in [-0.25, -0.2) is 9.97 Å². The van der Waals surface area contributed by atoms with Crippen LogP contribution in [0.15, 0.2) is 6.20 Å². The first-order valence-corrected chi connectivity index (χ1v) is 7.07. The number of piperidine rings is 1. The molecule has 0 radical (unpaired) electrons. The molecule has 0 amide bonds. The largest absolute Gasteiger partial charge is 0.460 e. The maximum atomic E-state index is 5.87. The molecule has 19 heavy (non-hydrogen) atoms. The van der Waals surface area contributed by atoms with Crippen molar-refractivity contribution in [1.82, 2.24) is 20.2 Å². The Kier molecular flexibility index (Phi) is 5.10. The van der Waals surface area contributed by atoms with Crippen molar-refractivity contribution in [3.63, 3.8) is 0 Å². The lowest BCUT2D eigenvalue weighted by Crippen LogP contribution is -2.36. The molecule has 1 saturated heterocycles.